The van der Waals surface area contributed by atoms with Gasteiger partial charge in [0, 0.05) is 60.6 Å². The lowest BCUT2D eigenvalue weighted by Gasteiger charge is -2.71. The van der Waals surface area contributed by atoms with E-state index >= 15 is 9.59 Å². The number of hydrogen-bond donors (Lipinski definition) is 2. The molecule has 0 radical (unpaired) electrons. The van der Waals surface area contributed by atoms with Crippen LogP contribution in [-0.4, -0.2) is 65.1 Å². The van der Waals surface area contributed by atoms with Crippen LogP contribution in [0.5, 0.6) is 0 Å². The Morgan fingerprint density at radius 2 is 1.74 bits per heavy atom. The molecule has 16 aliphatic rings. The minimum absolute atomic E-state index is 0.00434. The number of rotatable bonds is 3. The predicted molar refractivity (Wildman–Crippen MR) is 264 cm³/mol. The Hall–Kier alpha value is -5.18. The third-order valence-electron chi connectivity index (χ3n) is 20.7. The molecule has 69 heavy (non-hydrogen) atoms. The fourth-order valence-corrected chi connectivity index (χ4v) is 18.5. The number of allylic oxidation sites excluding steroid dienone is 5. The zero-order chi connectivity index (χ0) is 46.3. The molecule has 11 aliphatic heterocycles. The monoisotopic (exact) mass is 919 g/mol. The molecule has 3 aromatic carbocycles. The SMILES string of the molecule is CC1CC2=C3C4C5=C6C=C(Cc7cc8cc(c7)Cc7ccc(cc7)CC79CC(CN(C7)C(C)CC(O)=C7OC(=O)C6%10C(CCCC8)C6(OC(=O)c8c(CCCN)cccc86)C7%10CC5)C(C=C2)N3C9)C14. The molecule has 19 rings (SSSR count). The largest absolute Gasteiger partial charge is 0.509 e. The fourth-order valence-electron chi connectivity index (χ4n) is 18.5. The number of aliphatic hydroxyl groups excluding tert-OH is 1. The number of hydrogen-bond acceptors (Lipinski definition) is 8. The Morgan fingerprint density at radius 3 is 2.59 bits per heavy atom. The van der Waals surface area contributed by atoms with E-state index in [0.29, 0.717) is 55.4 Å². The van der Waals surface area contributed by atoms with E-state index < -0.39 is 22.3 Å². The lowest BCUT2D eigenvalue weighted by molar-refractivity contribution is -0.276. The Bertz CT molecular complexity index is 2990. The highest BCUT2D eigenvalue weighted by molar-refractivity contribution is 6.00. The van der Waals surface area contributed by atoms with Crippen LogP contribution in [0.15, 0.2) is 118 Å². The predicted octanol–water partition coefficient (Wildman–Crippen LogP) is 9.90. The third kappa shape index (κ3) is 5.18. The van der Waals surface area contributed by atoms with Crippen molar-refractivity contribution in [1.29, 1.82) is 0 Å². The van der Waals surface area contributed by atoms with Crippen LogP contribution in [0.3, 0.4) is 0 Å². The highest BCUT2D eigenvalue weighted by atomic mass is 16.6. The molecule has 3 aromatic rings. The standard InChI is InChI=1S/C61H65N3O5/c1-34-21-42-16-17-48-44-30-58-29-37-14-12-36(13-15-37)23-39-24-38-7-3-4-11-50-60-47-28-43(27-40(25-38)26-39)51(34)53(54(42)64(48)33-58)45(47)18-19-59(60,55(68-57(60)67)49(65)22-35(2)63(31-44)32-58)61(50)46-10-5-8-41(9-6-20-62)52(46)56(66)69-61/h5,8,10,12-17,24-26,28,34-35,44,48,50-51,53,65H,3-4,6-7,9,11,18-23,27,29-33,62H2,1-2H3. The number of piperidine rings is 2. The maximum absolute atomic E-state index is 16.2. The molecular weight excluding hydrogens is 855 g/mol. The number of benzene rings is 3. The number of aliphatic hydroxyl groups is 1. The van der Waals surface area contributed by atoms with Gasteiger partial charge >= 0.3 is 11.9 Å². The normalized spacial score (nSPS) is 39.2. The zero-order valence-electron chi connectivity index (χ0n) is 40.3. The highest BCUT2D eigenvalue weighted by Crippen LogP contribution is 2.87. The number of nitrogens with zero attached hydrogens (tertiary/aromatic N) is 2. The van der Waals surface area contributed by atoms with Gasteiger partial charge in [-0.2, -0.15) is 0 Å². The summed E-state index contributed by atoms with van der Waals surface area (Å²) in [5.41, 5.74) is 18.9. The molecule has 11 heterocycles. The van der Waals surface area contributed by atoms with Crippen LogP contribution in [-0.2, 0) is 52.0 Å². The number of aryl methyl sites for hydroxylation is 2. The van der Waals surface area contributed by atoms with Gasteiger partial charge in [0.25, 0.3) is 0 Å². The number of ether oxygens (including phenoxy) is 2. The first-order chi connectivity index (χ1) is 33.6. The summed E-state index contributed by atoms with van der Waals surface area (Å²) in [5.74, 6) is 0.734. The van der Waals surface area contributed by atoms with Crippen LogP contribution in [0.25, 0.3) is 0 Å². The van der Waals surface area contributed by atoms with Gasteiger partial charge in [-0.25, -0.2) is 4.79 Å². The lowest BCUT2D eigenvalue weighted by Crippen LogP contribution is -2.77. The number of nitrogens with two attached hydrogens (primary N) is 1. The minimum atomic E-state index is -1.20. The molecule has 12 atom stereocenters. The van der Waals surface area contributed by atoms with Gasteiger partial charge in [0.1, 0.15) is 11.2 Å². The quantitative estimate of drug-likeness (QED) is 0.251. The van der Waals surface area contributed by atoms with Gasteiger partial charge in [-0.3, -0.25) is 9.69 Å². The molecular formula is C61H65N3O5. The summed E-state index contributed by atoms with van der Waals surface area (Å²) >= 11 is 0. The number of carbonyl (C=O) groups excluding carboxylic acids is 2. The first-order valence-electron chi connectivity index (χ1n) is 26.8. The molecule has 4 fully saturated rings. The summed E-state index contributed by atoms with van der Waals surface area (Å²) in [6, 6.07) is 23.6. The van der Waals surface area contributed by atoms with Crippen molar-refractivity contribution in [2.24, 2.45) is 51.6 Å². The molecule has 12 unspecified atom stereocenters. The van der Waals surface area contributed by atoms with E-state index in [-0.39, 0.29) is 47.0 Å². The smallest absolute Gasteiger partial charge is 0.339 e. The summed E-state index contributed by atoms with van der Waals surface area (Å²) < 4.78 is 14.2. The van der Waals surface area contributed by atoms with Gasteiger partial charge in [-0.15, -0.1) is 0 Å². The summed E-state index contributed by atoms with van der Waals surface area (Å²) in [6.45, 7) is 8.16. The Balaban J connectivity index is 1.06. The Kier molecular flexibility index (Phi) is 8.59. The van der Waals surface area contributed by atoms with E-state index in [4.69, 9.17) is 15.2 Å². The van der Waals surface area contributed by atoms with Crippen LogP contribution >= 0.6 is 0 Å². The van der Waals surface area contributed by atoms with Crippen molar-refractivity contribution in [2.45, 2.75) is 121 Å². The molecule has 0 aromatic heterocycles. The Morgan fingerprint density at radius 1 is 0.913 bits per heavy atom. The van der Waals surface area contributed by atoms with E-state index in [1.165, 1.54) is 56.7 Å². The second-order valence-corrected chi connectivity index (χ2v) is 24.2. The number of carbonyl (C=O) groups is 2. The average molecular weight is 920 g/mol. The molecule has 0 amide bonds. The van der Waals surface area contributed by atoms with Crippen LogP contribution < -0.4 is 5.73 Å². The zero-order valence-corrected chi connectivity index (χ0v) is 40.3. The first-order valence-corrected chi connectivity index (χ1v) is 26.8. The summed E-state index contributed by atoms with van der Waals surface area (Å²) in [4.78, 5) is 36.8. The molecule has 5 aliphatic carbocycles. The molecule has 19 bridgehead atoms. The average Bonchev–Trinajstić information content (AvgIpc) is 3.79. The molecule has 3 saturated heterocycles. The number of fused-ring (bicyclic) bond motifs is 6. The van der Waals surface area contributed by atoms with Crippen molar-refractivity contribution in [3.8, 4) is 0 Å². The minimum Gasteiger partial charge on any atom is -0.509 e. The molecule has 3 N–H and O–H groups in total. The maximum atomic E-state index is 16.2. The van der Waals surface area contributed by atoms with Gasteiger partial charge in [0.15, 0.2) is 11.4 Å². The van der Waals surface area contributed by atoms with Crippen molar-refractivity contribution in [1.82, 2.24) is 9.80 Å². The second kappa shape index (κ2) is 14.2. The van der Waals surface area contributed by atoms with Crippen molar-refractivity contribution >= 4 is 11.9 Å². The van der Waals surface area contributed by atoms with E-state index in [2.05, 4.69) is 103 Å². The van der Waals surface area contributed by atoms with Gasteiger partial charge in [-0.1, -0.05) is 103 Å². The summed E-state index contributed by atoms with van der Waals surface area (Å²) in [7, 11) is 0. The Labute approximate surface area is 406 Å². The second-order valence-electron chi connectivity index (χ2n) is 24.2. The maximum Gasteiger partial charge on any atom is 0.339 e. The van der Waals surface area contributed by atoms with Gasteiger partial charge in [0.2, 0.25) is 0 Å². The molecule has 8 nitrogen and oxygen atoms in total. The molecule has 354 valence electrons. The van der Waals surface area contributed by atoms with Gasteiger partial charge in [-0.05, 0) is 153 Å². The van der Waals surface area contributed by atoms with Crippen molar-refractivity contribution in [2.75, 3.05) is 26.2 Å². The first kappa shape index (κ1) is 41.6. The van der Waals surface area contributed by atoms with E-state index in [1.807, 2.05) is 0 Å². The topological polar surface area (TPSA) is 105 Å². The molecule has 1 saturated carbocycles. The fraction of sp³-hybridized carbons (Fsp3) is 0.508. The summed E-state index contributed by atoms with van der Waals surface area (Å²) in [6.07, 6.45) is 19.0. The van der Waals surface area contributed by atoms with E-state index in [1.54, 1.807) is 0 Å². The number of esters is 2. The lowest BCUT2D eigenvalue weighted by atomic mass is 9.29. The van der Waals surface area contributed by atoms with E-state index in [9.17, 15) is 5.11 Å². The van der Waals surface area contributed by atoms with Crippen LogP contribution in [0.4, 0.5) is 0 Å². The molecule has 4 spiro atoms. The van der Waals surface area contributed by atoms with Crippen molar-refractivity contribution in [3.63, 3.8) is 0 Å². The van der Waals surface area contributed by atoms with E-state index in [0.717, 1.165) is 94.1 Å². The van der Waals surface area contributed by atoms with Crippen LogP contribution in [0, 0.1) is 45.8 Å². The van der Waals surface area contributed by atoms with Crippen molar-refractivity contribution < 1.29 is 24.2 Å². The van der Waals surface area contributed by atoms with Gasteiger partial charge < -0.3 is 25.2 Å². The van der Waals surface area contributed by atoms with Crippen LogP contribution in [0.1, 0.15) is 121 Å². The third-order valence-corrected chi connectivity index (χ3v) is 20.7. The van der Waals surface area contributed by atoms with Crippen LogP contribution in [0.2, 0.25) is 0 Å². The van der Waals surface area contributed by atoms with Crippen molar-refractivity contribution in [3.05, 3.63) is 163 Å². The summed E-state index contributed by atoms with van der Waals surface area (Å²) in [5, 5.41) is 13.2. The highest BCUT2D eigenvalue weighted by Gasteiger charge is 2.93. The molecule has 8 heteroatoms. The van der Waals surface area contributed by atoms with Gasteiger partial charge in [0.05, 0.1) is 17.0 Å².